The molecule has 4 nitrogen and oxygen atoms in total. The van der Waals surface area contributed by atoms with Gasteiger partial charge in [-0.25, -0.2) is 0 Å². The fourth-order valence-electron chi connectivity index (χ4n) is 4.69. The maximum atomic E-state index is 6.08. The molecular formula is C17H31N3O. The number of morpholine rings is 1. The predicted octanol–water partition coefficient (Wildman–Crippen LogP) is 2.35. The van der Waals surface area contributed by atoms with Crippen LogP contribution in [0.5, 0.6) is 0 Å². The molecule has 0 spiro atoms. The summed E-state index contributed by atoms with van der Waals surface area (Å²) in [5, 5.41) is 0. The molecule has 0 aromatic carbocycles. The molecule has 2 aliphatic carbocycles. The molecule has 3 rings (SSSR count). The highest BCUT2D eigenvalue weighted by Gasteiger charge is 2.47. The predicted molar refractivity (Wildman–Crippen MR) is 85.9 cm³/mol. The van der Waals surface area contributed by atoms with Crippen LogP contribution in [0.4, 0.5) is 0 Å². The minimum atomic E-state index is 0.231. The van der Waals surface area contributed by atoms with Gasteiger partial charge in [0.15, 0.2) is 0 Å². The van der Waals surface area contributed by atoms with Gasteiger partial charge in [0.05, 0.1) is 19.3 Å². The lowest BCUT2D eigenvalue weighted by molar-refractivity contribution is -0.0313. The zero-order valence-electron chi connectivity index (χ0n) is 13.3. The Labute approximate surface area is 129 Å². The van der Waals surface area contributed by atoms with E-state index in [1.165, 1.54) is 57.8 Å². The summed E-state index contributed by atoms with van der Waals surface area (Å²) in [5.41, 5.74) is 5.03. The van der Waals surface area contributed by atoms with Gasteiger partial charge in [-0.2, -0.15) is 0 Å². The molecule has 4 heteroatoms. The standard InChI is InChI=1S/C17H31N3O/c18-19-16(15-7-3-1-2-4-8-15)17(9-5-6-10-17)20-11-13-21-14-12-20/h7,16,19H,1-6,8-14,18H2. The Balaban J connectivity index is 1.84. The van der Waals surface area contributed by atoms with Crippen LogP contribution in [-0.4, -0.2) is 42.8 Å². The highest BCUT2D eigenvalue weighted by atomic mass is 16.5. The molecule has 1 saturated carbocycles. The van der Waals surface area contributed by atoms with E-state index >= 15 is 0 Å². The molecule has 21 heavy (non-hydrogen) atoms. The van der Waals surface area contributed by atoms with Crippen molar-refractivity contribution >= 4 is 0 Å². The zero-order valence-corrected chi connectivity index (χ0v) is 13.3. The molecule has 2 fully saturated rings. The molecule has 1 saturated heterocycles. The maximum Gasteiger partial charge on any atom is 0.0604 e. The van der Waals surface area contributed by atoms with Gasteiger partial charge in [0.25, 0.3) is 0 Å². The average Bonchev–Trinajstić information content (AvgIpc) is 2.87. The fourth-order valence-corrected chi connectivity index (χ4v) is 4.69. The quantitative estimate of drug-likeness (QED) is 0.474. The van der Waals surface area contributed by atoms with Crippen LogP contribution in [0.25, 0.3) is 0 Å². The van der Waals surface area contributed by atoms with E-state index in [1.54, 1.807) is 5.57 Å². The molecule has 0 aromatic rings. The number of nitrogens with one attached hydrogen (secondary N) is 1. The minimum Gasteiger partial charge on any atom is -0.379 e. The smallest absolute Gasteiger partial charge is 0.0604 e. The second-order valence-electron chi connectivity index (χ2n) is 6.89. The van der Waals surface area contributed by atoms with Crippen molar-refractivity contribution in [1.29, 1.82) is 0 Å². The van der Waals surface area contributed by atoms with Crippen molar-refractivity contribution in [1.82, 2.24) is 10.3 Å². The van der Waals surface area contributed by atoms with Crippen molar-refractivity contribution in [2.75, 3.05) is 26.3 Å². The van der Waals surface area contributed by atoms with E-state index in [2.05, 4.69) is 16.4 Å². The average molecular weight is 293 g/mol. The van der Waals surface area contributed by atoms with E-state index in [0.717, 1.165) is 26.3 Å². The second kappa shape index (κ2) is 7.23. The monoisotopic (exact) mass is 293 g/mol. The molecule has 1 aliphatic heterocycles. The normalized spacial score (nSPS) is 28.9. The first-order chi connectivity index (χ1) is 10.4. The lowest BCUT2D eigenvalue weighted by atomic mass is 9.80. The zero-order chi connectivity index (χ0) is 14.5. The summed E-state index contributed by atoms with van der Waals surface area (Å²) in [6, 6.07) is 0.330. The molecule has 0 amide bonds. The van der Waals surface area contributed by atoms with E-state index < -0.39 is 0 Å². The summed E-state index contributed by atoms with van der Waals surface area (Å²) in [6.07, 6.45) is 14.2. The van der Waals surface area contributed by atoms with E-state index in [-0.39, 0.29) is 5.54 Å². The van der Waals surface area contributed by atoms with Crippen molar-refractivity contribution in [2.24, 2.45) is 5.84 Å². The Morgan fingerprint density at radius 3 is 2.57 bits per heavy atom. The van der Waals surface area contributed by atoms with Gasteiger partial charge in [-0.3, -0.25) is 16.2 Å². The Bertz CT molecular complexity index is 357. The third-order valence-corrected chi connectivity index (χ3v) is 5.76. The molecule has 0 bridgehead atoms. The van der Waals surface area contributed by atoms with Crippen molar-refractivity contribution in [3.63, 3.8) is 0 Å². The number of allylic oxidation sites excluding steroid dienone is 1. The maximum absolute atomic E-state index is 6.08. The van der Waals surface area contributed by atoms with Gasteiger partial charge in [-0.15, -0.1) is 0 Å². The number of hydrazine groups is 1. The molecule has 3 aliphatic rings. The number of nitrogens with two attached hydrogens (primary N) is 1. The number of rotatable bonds is 4. The number of nitrogens with zero attached hydrogens (tertiary/aromatic N) is 1. The van der Waals surface area contributed by atoms with Gasteiger partial charge in [-0.1, -0.05) is 30.9 Å². The summed E-state index contributed by atoms with van der Waals surface area (Å²) < 4.78 is 5.58. The SMILES string of the molecule is NNC(C1=CCCCCC1)C1(N2CCOCC2)CCCC1. The van der Waals surface area contributed by atoms with Gasteiger partial charge in [-0.05, 0) is 38.5 Å². The van der Waals surface area contributed by atoms with Crippen molar-refractivity contribution in [2.45, 2.75) is 69.4 Å². The highest BCUT2D eigenvalue weighted by molar-refractivity contribution is 5.22. The van der Waals surface area contributed by atoms with Gasteiger partial charge in [0, 0.05) is 18.6 Å². The molecule has 0 radical (unpaired) electrons. The topological polar surface area (TPSA) is 50.5 Å². The molecule has 120 valence electrons. The van der Waals surface area contributed by atoms with Crippen LogP contribution in [0.15, 0.2) is 11.6 Å². The molecule has 1 atom stereocenters. The lowest BCUT2D eigenvalue weighted by Crippen LogP contribution is -2.64. The molecule has 1 heterocycles. The molecule has 3 N–H and O–H groups in total. The summed E-state index contributed by atoms with van der Waals surface area (Å²) in [6.45, 7) is 3.87. The van der Waals surface area contributed by atoms with Crippen LogP contribution in [-0.2, 0) is 4.74 Å². The largest absolute Gasteiger partial charge is 0.379 e. The second-order valence-corrected chi connectivity index (χ2v) is 6.89. The summed E-state index contributed by atoms with van der Waals surface area (Å²) in [4.78, 5) is 2.68. The third-order valence-electron chi connectivity index (χ3n) is 5.76. The summed E-state index contributed by atoms with van der Waals surface area (Å²) in [7, 11) is 0. The number of hydrogen-bond donors (Lipinski definition) is 2. The Hall–Kier alpha value is -0.420. The van der Waals surface area contributed by atoms with Crippen LogP contribution >= 0.6 is 0 Å². The van der Waals surface area contributed by atoms with Crippen LogP contribution in [0, 0.1) is 0 Å². The number of hydrogen-bond acceptors (Lipinski definition) is 4. The van der Waals surface area contributed by atoms with Crippen LogP contribution in [0.1, 0.15) is 57.8 Å². The molecular weight excluding hydrogens is 262 g/mol. The first-order valence-corrected chi connectivity index (χ1v) is 8.85. The van der Waals surface area contributed by atoms with Crippen LogP contribution < -0.4 is 11.3 Å². The Morgan fingerprint density at radius 1 is 1.10 bits per heavy atom. The Kier molecular flexibility index (Phi) is 5.33. The van der Waals surface area contributed by atoms with Crippen molar-refractivity contribution in [3.05, 3.63) is 11.6 Å². The lowest BCUT2D eigenvalue weighted by Gasteiger charge is -2.49. The first kappa shape index (κ1) is 15.5. The number of ether oxygens (including phenoxy) is 1. The molecule has 1 unspecified atom stereocenters. The fraction of sp³-hybridized carbons (Fsp3) is 0.882. The van der Waals surface area contributed by atoms with Crippen molar-refractivity contribution in [3.8, 4) is 0 Å². The summed E-state index contributed by atoms with van der Waals surface area (Å²) >= 11 is 0. The summed E-state index contributed by atoms with van der Waals surface area (Å²) in [5.74, 6) is 6.08. The first-order valence-electron chi connectivity index (χ1n) is 8.85. The van der Waals surface area contributed by atoms with Gasteiger partial charge < -0.3 is 4.74 Å². The van der Waals surface area contributed by atoms with Crippen molar-refractivity contribution < 1.29 is 4.74 Å². The van der Waals surface area contributed by atoms with Gasteiger partial charge in [0.1, 0.15) is 0 Å². The van der Waals surface area contributed by atoms with E-state index in [0.29, 0.717) is 6.04 Å². The van der Waals surface area contributed by atoms with E-state index in [1.807, 2.05) is 0 Å². The Morgan fingerprint density at radius 2 is 1.86 bits per heavy atom. The van der Waals surface area contributed by atoms with Gasteiger partial charge >= 0.3 is 0 Å². The minimum absolute atomic E-state index is 0.231. The van der Waals surface area contributed by atoms with Crippen LogP contribution in [0.2, 0.25) is 0 Å². The van der Waals surface area contributed by atoms with E-state index in [4.69, 9.17) is 10.6 Å². The molecule has 0 aromatic heterocycles. The van der Waals surface area contributed by atoms with E-state index in [9.17, 15) is 0 Å². The van der Waals surface area contributed by atoms with Gasteiger partial charge in [0.2, 0.25) is 0 Å². The highest BCUT2D eigenvalue weighted by Crippen LogP contribution is 2.42. The van der Waals surface area contributed by atoms with Crippen LogP contribution in [0.3, 0.4) is 0 Å². The third kappa shape index (κ3) is 3.19.